The van der Waals surface area contributed by atoms with E-state index < -0.39 is 35.0 Å². The first-order chi connectivity index (χ1) is 12.6. The van der Waals surface area contributed by atoms with Crippen LogP contribution in [0.1, 0.15) is 20.3 Å². The van der Waals surface area contributed by atoms with Crippen LogP contribution in [0.5, 0.6) is 0 Å². The van der Waals surface area contributed by atoms with E-state index in [2.05, 4.69) is 13.8 Å². The van der Waals surface area contributed by atoms with Crippen LogP contribution in [-0.2, 0) is 24.3 Å². The van der Waals surface area contributed by atoms with E-state index in [1.54, 1.807) is 4.90 Å². The highest BCUT2D eigenvalue weighted by atomic mass is 32.2. The molecule has 0 spiro atoms. The lowest BCUT2D eigenvalue weighted by Crippen LogP contribution is -2.44. The SMILES string of the molecule is C[C@@H]1C[C@H](C)CN(C(=O)COC(=O)CN(C)S(=O)(=O)c2ccc(F)cc2)C1. The van der Waals surface area contributed by atoms with Gasteiger partial charge in [-0.05, 0) is 42.5 Å². The molecule has 0 aromatic heterocycles. The van der Waals surface area contributed by atoms with Gasteiger partial charge in [0.25, 0.3) is 5.91 Å². The molecule has 150 valence electrons. The molecule has 0 saturated carbocycles. The Hall–Kier alpha value is -2.00. The number of hydrogen-bond donors (Lipinski definition) is 0. The number of benzene rings is 1. The van der Waals surface area contributed by atoms with Gasteiger partial charge >= 0.3 is 5.97 Å². The van der Waals surface area contributed by atoms with Gasteiger partial charge in [0.15, 0.2) is 6.61 Å². The smallest absolute Gasteiger partial charge is 0.321 e. The Morgan fingerprint density at radius 1 is 1.19 bits per heavy atom. The summed E-state index contributed by atoms with van der Waals surface area (Å²) in [5, 5.41) is 0. The molecule has 9 heteroatoms. The maximum atomic E-state index is 12.9. The standard InChI is InChI=1S/C18H25FN2O5S/c1-13-8-14(2)10-21(9-13)17(22)12-26-18(23)11-20(3)27(24,25)16-6-4-15(19)5-7-16/h4-7,13-14H,8-12H2,1-3H3/t13-,14+. The number of amides is 1. The molecule has 1 aromatic rings. The number of carbonyl (C=O) groups is 2. The molecule has 1 saturated heterocycles. The summed E-state index contributed by atoms with van der Waals surface area (Å²) in [7, 11) is -2.74. The summed E-state index contributed by atoms with van der Waals surface area (Å²) in [6.07, 6.45) is 1.05. The molecule has 0 radical (unpaired) electrons. The van der Waals surface area contributed by atoms with Crippen molar-refractivity contribution in [2.75, 3.05) is 33.3 Å². The number of hydrogen-bond acceptors (Lipinski definition) is 5. The van der Waals surface area contributed by atoms with E-state index >= 15 is 0 Å². The van der Waals surface area contributed by atoms with Crippen molar-refractivity contribution in [3.63, 3.8) is 0 Å². The molecular formula is C18H25FN2O5S. The molecule has 1 fully saturated rings. The van der Waals surface area contributed by atoms with E-state index in [4.69, 9.17) is 4.74 Å². The third-order valence-corrected chi connectivity index (χ3v) is 6.27. The minimum absolute atomic E-state index is 0.133. The molecule has 2 rings (SSSR count). The third-order valence-electron chi connectivity index (χ3n) is 4.45. The van der Waals surface area contributed by atoms with Crippen molar-refractivity contribution in [2.24, 2.45) is 11.8 Å². The van der Waals surface area contributed by atoms with E-state index in [-0.39, 0.29) is 10.8 Å². The molecule has 1 aliphatic rings. The molecule has 1 amide bonds. The van der Waals surface area contributed by atoms with Crippen LogP contribution >= 0.6 is 0 Å². The number of carbonyl (C=O) groups excluding carboxylic acids is 2. The van der Waals surface area contributed by atoms with Crippen molar-refractivity contribution >= 4 is 21.9 Å². The number of esters is 1. The first kappa shape index (κ1) is 21.3. The predicted octanol–water partition coefficient (Wildman–Crippen LogP) is 1.49. The molecule has 1 heterocycles. The van der Waals surface area contributed by atoms with E-state index in [9.17, 15) is 22.4 Å². The van der Waals surface area contributed by atoms with Crippen LogP contribution in [0.3, 0.4) is 0 Å². The fraction of sp³-hybridized carbons (Fsp3) is 0.556. The van der Waals surface area contributed by atoms with Gasteiger partial charge in [-0.1, -0.05) is 13.8 Å². The Kier molecular flexibility index (Phi) is 6.94. The van der Waals surface area contributed by atoms with Crippen molar-refractivity contribution in [1.29, 1.82) is 0 Å². The lowest BCUT2D eigenvalue weighted by molar-refractivity contribution is -0.153. The second-order valence-corrected chi connectivity index (χ2v) is 9.17. The number of rotatable bonds is 6. The zero-order valence-electron chi connectivity index (χ0n) is 15.7. The lowest BCUT2D eigenvalue weighted by atomic mass is 9.92. The van der Waals surface area contributed by atoms with Gasteiger partial charge in [-0.2, -0.15) is 4.31 Å². The summed E-state index contributed by atoms with van der Waals surface area (Å²) in [5.41, 5.74) is 0. The highest BCUT2D eigenvalue weighted by molar-refractivity contribution is 7.89. The molecule has 1 aromatic carbocycles. The molecule has 0 N–H and O–H groups in total. The summed E-state index contributed by atoms with van der Waals surface area (Å²) in [4.78, 5) is 25.7. The van der Waals surface area contributed by atoms with Gasteiger partial charge in [-0.3, -0.25) is 9.59 Å². The summed E-state index contributed by atoms with van der Waals surface area (Å²) >= 11 is 0. The Labute approximate surface area is 159 Å². The molecule has 0 bridgehead atoms. The number of likely N-dealkylation sites (tertiary alicyclic amines) is 1. The van der Waals surface area contributed by atoms with Crippen LogP contribution in [0.4, 0.5) is 4.39 Å². The topological polar surface area (TPSA) is 84.0 Å². The summed E-state index contributed by atoms with van der Waals surface area (Å²) in [5.74, 6) is -0.892. The number of nitrogens with zero attached hydrogens (tertiary/aromatic N) is 2. The van der Waals surface area contributed by atoms with Gasteiger partial charge < -0.3 is 9.64 Å². The fourth-order valence-corrected chi connectivity index (χ4v) is 4.31. The van der Waals surface area contributed by atoms with Gasteiger partial charge in [0, 0.05) is 20.1 Å². The van der Waals surface area contributed by atoms with Crippen LogP contribution in [0.15, 0.2) is 29.2 Å². The van der Waals surface area contributed by atoms with E-state index in [1.807, 2.05) is 0 Å². The number of likely N-dealkylation sites (N-methyl/N-ethyl adjacent to an activating group) is 1. The van der Waals surface area contributed by atoms with Crippen LogP contribution in [0.25, 0.3) is 0 Å². The second-order valence-electron chi connectivity index (χ2n) is 7.12. The first-order valence-corrected chi connectivity index (χ1v) is 10.2. The van der Waals surface area contributed by atoms with Crippen LogP contribution < -0.4 is 0 Å². The van der Waals surface area contributed by atoms with E-state index in [0.717, 1.165) is 35.0 Å². The second kappa shape index (κ2) is 8.79. The maximum Gasteiger partial charge on any atom is 0.321 e. The van der Waals surface area contributed by atoms with Gasteiger partial charge in [-0.15, -0.1) is 0 Å². The van der Waals surface area contributed by atoms with Crippen molar-refractivity contribution in [3.05, 3.63) is 30.1 Å². The number of piperidine rings is 1. The quantitative estimate of drug-likeness (QED) is 0.676. The van der Waals surface area contributed by atoms with Crippen molar-refractivity contribution in [1.82, 2.24) is 9.21 Å². The number of sulfonamides is 1. The van der Waals surface area contributed by atoms with Crippen LogP contribution in [0.2, 0.25) is 0 Å². The number of ether oxygens (including phenoxy) is 1. The van der Waals surface area contributed by atoms with E-state index in [0.29, 0.717) is 24.9 Å². The molecule has 2 atom stereocenters. The zero-order valence-corrected chi connectivity index (χ0v) is 16.5. The third kappa shape index (κ3) is 5.74. The molecule has 1 aliphatic heterocycles. The van der Waals surface area contributed by atoms with Gasteiger partial charge in [-0.25, -0.2) is 12.8 Å². The Balaban J connectivity index is 1.87. The highest BCUT2D eigenvalue weighted by Crippen LogP contribution is 2.21. The monoisotopic (exact) mass is 400 g/mol. The normalized spacial score (nSPS) is 20.6. The molecule has 7 nitrogen and oxygen atoms in total. The molecule has 0 aliphatic carbocycles. The molecule has 0 unspecified atom stereocenters. The Morgan fingerprint density at radius 3 is 2.30 bits per heavy atom. The zero-order chi connectivity index (χ0) is 20.2. The Bertz CT molecular complexity index is 771. The van der Waals surface area contributed by atoms with Crippen molar-refractivity contribution in [3.8, 4) is 0 Å². The summed E-state index contributed by atoms with van der Waals surface area (Å²) in [6, 6.07) is 4.29. The van der Waals surface area contributed by atoms with Crippen molar-refractivity contribution < 1.29 is 27.1 Å². The van der Waals surface area contributed by atoms with Gasteiger partial charge in [0.1, 0.15) is 12.4 Å². The van der Waals surface area contributed by atoms with E-state index in [1.165, 1.54) is 7.05 Å². The number of halogens is 1. The predicted molar refractivity (Wildman–Crippen MR) is 96.7 cm³/mol. The fourth-order valence-electron chi connectivity index (χ4n) is 3.20. The highest BCUT2D eigenvalue weighted by Gasteiger charge is 2.27. The molecular weight excluding hydrogens is 375 g/mol. The summed E-state index contributed by atoms with van der Waals surface area (Å²) < 4.78 is 43.4. The van der Waals surface area contributed by atoms with Gasteiger partial charge in [0.2, 0.25) is 10.0 Å². The Morgan fingerprint density at radius 2 is 1.74 bits per heavy atom. The minimum Gasteiger partial charge on any atom is -0.455 e. The van der Waals surface area contributed by atoms with Crippen LogP contribution in [0, 0.1) is 17.7 Å². The molecule has 27 heavy (non-hydrogen) atoms. The summed E-state index contributed by atoms with van der Waals surface area (Å²) in [6.45, 7) is 4.43. The lowest BCUT2D eigenvalue weighted by Gasteiger charge is -2.34. The van der Waals surface area contributed by atoms with Crippen LogP contribution in [-0.4, -0.2) is 62.8 Å². The minimum atomic E-state index is -3.95. The largest absolute Gasteiger partial charge is 0.455 e. The average molecular weight is 400 g/mol. The van der Waals surface area contributed by atoms with Gasteiger partial charge in [0.05, 0.1) is 4.90 Å². The average Bonchev–Trinajstić information content (AvgIpc) is 2.59. The van der Waals surface area contributed by atoms with Crippen molar-refractivity contribution in [2.45, 2.75) is 25.2 Å². The maximum absolute atomic E-state index is 12.9. The first-order valence-electron chi connectivity index (χ1n) is 8.75.